The minimum absolute atomic E-state index is 0.0287. The second kappa shape index (κ2) is 8.33. The number of aliphatic imine (C=N–C) groups is 1. The summed E-state index contributed by atoms with van der Waals surface area (Å²) in [7, 11) is 0. The largest absolute Gasteiger partial charge is 0.402 e. The number of aryl methyl sites for hydroxylation is 1. The molecule has 0 unspecified atom stereocenters. The van der Waals surface area contributed by atoms with Crippen LogP contribution in [0, 0.1) is 12.7 Å². The van der Waals surface area contributed by atoms with Crippen LogP contribution in [0.25, 0.3) is 5.57 Å². The highest BCUT2D eigenvalue weighted by atomic mass is 19.3. The summed E-state index contributed by atoms with van der Waals surface area (Å²) in [5, 5.41) is 2.61. The standard InChI is InChI=1S/C19H18F3N3O/c1-11-4-3-5-16(20)17(11)18(26)25-14-8-6-13(7-9-14)15(12(2)23)10-24-19(21)22/h3-10,19H,23H2,1-2H3,(H,25,26)/b15-12+,24-10+. The van der Waals surface area contributed by atoms with Crippen LogP contribution in [0.5, 0.6) is 0 Å². The molecule has 0 saturated carbocycles. The summed E-state index contributed by atoms with van der Waals surface area (Å²) in [5.41, 5.74) is 7.88. The Kier molecular flexibility index (Phi) is 6.16. The molecule has 0 fully saturated rings. The van der Waals surface area contributed by atoms with Gasteiger partial charge < -0.3 is 11.1 Å². The number of allylic oxidation sites excluding steroid dienone is 2. The maximum Gasteiger partial charge on any atom is 0.331 e. The van der Waals surface area contributed by atoms with E-state index in [0.717, 1.165) is 6.21 Å². The number of carbonyl (C=O) groups excluding carboxylic acids is 1. The zero-order valence-electron chi connectivity index (χ0n) is 14.3. The summed E-state index contributed by atoms with van der Waals surface area (Å²) in [6, 6.07) is 10.7. The smallest absolute Gasteiger partial charge is 0.331 e. The van der Waals surface area contributed by atoms with Crippen LogP contribution in [0.15, 0.2) is 53.2 Å². The van der Waals surface area contributed by atoms with E-state index in [1.165, 1.54) is 12.1 Å². The lowest BCUT2D eigenvalue weighted by molar-refractivity contribution is 0.102. The fourth-order valence-electron chi connectivity index (χ4n) is 2.38. The van der Waals surface area contributed by atoms with Crippen molar-refractivity contribution < 1.29 is 18.0 Å². The summed E-state index contributed by atoms with van der Waals surface area (Å²) in [5.74, 6) is -1.18. The zero-order chi connectivity index (χ0) is 19.3. The summed E-state index contributed by atoms with van der Waals surface area (Å²) in [6.07, 6.45) is 1.01. The Hall–Kier alpha value is -3.09. The molecule has 0 heterocycles. The molecule has 0 bridgehead atoms. The Bertz CT molecular complexity index is 835. The number of nitrogens with one attached hydrogen (secondary N) is 1. The van der Waals surface area contributed by atoms with Crippen molar-refractivity contribution in [2.45, 2.75) is 20.4 Å². The fourth-order valence-corrected chi connectivity index (χ4v) is 2.38. The summed E-state index contributed by atoms with van der Waals surface area (Å²) >= 11 is 0. The predicted octanol–water partition coefficient (Wildman–Crippen LogP) is 4.37. The molecular formula is C19H18F3N3O. The number of alkyl halides is 2. The minimum atomic E-state index is -2.83. The second-order valence-corrected chi connectivity index (χ2v) is 5.62. The first kappa shape index (κ1) is 19.2. The number of rotatable bonds is 5. The van der Waals surface area contributed by atoms with Gasteiger partial charge in [-0.2, -0.15) is 8.78 Å². The van der Waals surface area contributed by atoms with Gasteiger partial charge in [0.25, 0.3) is 5.91 Å². The molecule has 0 spiro atoms. The van der Waals surface area contributed by atoms with E-state index in [1.54, 1.807) is 44.2 Å². The van der Waals surface area contributed by atoms with Crippen molar-refractivity contribution in [3.05, 3.63) is 70.7 Å². The average molecular weight is 361 g/mol. The van der Waals surface area contributed by atoms with Gasteiger partial charge >= 0.3 is 6.55 Å². The number of hydrogen-bond acceptors (Lipinski definition) is 3. The molecule has 26 heavy (non-hydrogen) atoms. The summed E-state index contributed by atoms with van der Waals surface area (Å²) in [4.78, 5) is 15.3. The topological polar surface area (TPSA) is 67.5 Å². The SMILES string of the molecule is C/C(N)=C(/C=N/C(F)F)c1ccc(NC(=O)c2c(C)cccc2F)cc1. The molecule has 0 saturated heterocycles. The predicted molar refractivity (Wildman–Crippen MR) is 96.8 cm³/mol. The number of anilines is 1. The van der Waals surface area contributed by atoms with E-state index in [0.29, 0.717) is 28.1 Å². The maximum atomic E-state index is 13.9. The number of halogens is 3. The Labute approximate surface area is 149 Å². The number of nitrogens with two attached hydrogens (primary N) is 1. The van der Waals surface area contributed by atoms with Crippen molar-refractivity contribution in [2.24, 2.45) is 10.7 Å². The molecule has 2 rings (SSSR count). The van der Waals surface area contributed by atoms with Crippen LogP contribution in [-0.2, 0) is 0 Å². The van der Waals surface area contributed by atoms with Gasteiger partial charge in [0.15, 0.2) is 0 Å². The average Bonchev–Trinajstić information content (AvgIpc) is 2.55. The third-order valence-electron chi connectivity index (χ3n) is 3.64. The first-order chi connectivity index (χ1) is 12.3. The fraction of sp³-hybridized carbons (Fsp3) is 0.158. The van der Waals surface area contributed by atoms with E-state index in [4.69, 9.17) is 5.73 Å². The molecule has 0 aromatic heterocycles. The lowest BCUT2D eigenvalue weighted by atomic mass is 10.0. The Morgan fingerprint density at radius 2 is 1.85 bits per heavy atom. The quantitative estimate of drug-likeness (QED) is 0.613. The zero-order valence-corrected chi connectivity index (χ0v) is 14.3. The van der Waals surface area contributed by atoms with Crippen molar-refractivity contribution in [3.63, 3.8) is 0 Å². The molecule has 0 atom stereocenters. The number of nitrogens with zero attached hydrogens (tertiary/aromatic N) is 1. The van der Waals surface area contributed by atoms with Crippen LogP contribution < -0.4 is 11.1 Å². The molecule has 2 aromatic rings. The van der Waals surface area contributed by atoms with E-state index in [1.807, 2.05) is 0 Å². The summed E-state index contributed by atoms with van der Waals surface area (Å²) in [6.45, 7) is 0.389. The van der Waals surface area contributed by atoms with Crippen LogP contribution >= 0.6 is 0 Å². The van der Waals surface area contributed by atoms with Crippen molar-refractivity contribution >= 4 is 23.4 Å². The first-order valence-electron chi connectivity index (χ1n) is 7.74. The number of amides is 1. The van der Waals surface area contributed by atoms with Gasteiger partial charge in [-0.05, 0) is 43.2 Å². The molecule has 0 radical (unpaired) electrons. The van der Waals surface area contributed by atoms with E-state index in [-0.39, 0.29) is 5.56 Å². The third-order valence-corrected chi connectivity index (χ3v) is 3.64. The van der Waals surface area contributed by atoms with E-state index in [9.17, 15) is 18.0 Å². The van der Waals surface area contributed by atoms with Gasteiger partial charge in [-0.3, -0.25) is 4.79 Å². The Morgan fingerprint density at radius 3 is 2.38 bits per heavy atom. The van der Waals surface area contributed by atoms with Gasteiger partial charge in [0, 0.05) is 23.2 Å². The van der Waals surface area contributed by atoms with Gasteiger partial charge in [0.2, 0.25) is 0 Å². The number of benzene rings is 2. The van der Waals surface area contributed by atoms with Gasteiger partial charge in [-0.25, -0.2) is 9.38 Å². The molecule has 0 aliphatic heterocycles. The molecule has 136 valence electrons. The van der Waals surface area contributed by atoms with Gasteiger partial charge in [-0.1, -0.05) is 24.3 Å². The Balaban J connectivity index is 2.22. The van der Waals surface area contributed by atoms with E-state index >= 15 is 0 Å². The molecule has 0 aliphatic rings. The van der Waals surface area contributed by atoms with Crippen LogP contribution in [0.3, 0.4) is 0 Å². The highest BCUT2D eigenvalue weighted by Crippen LogP contribution is 2.20. The van der Waals surface area contributed by atoms with Gasteiger partial charge in [-0.15, -0.1) is 0 Å². The molecule has 1 amide bonds. The number of carbonyl (C=O) groups is 1. The lowest BCUT2D eigenvalue weighted by Gasteiger charge is -2.10. The molecule has 2 aromatic carbocycles. The lowest BCUT2D eigenvalue weighted by Crippen LogP contribution is -2.15. The van der Waals surface area contributed by atoms with Gasteiger partial charge in [0.1, 0.15) is 5.82 Å². The van der Waals surface area contributed by atoms with Crippen molar-refractivity contribution in [2.75, 3.05) is 5.32 Å². The minimum Gasteiger partial charge on any atom is -0.402 e. The monoisotopic (exact) mass is 361 g/mol. The van der Waals surface area contributed by atoms with Gasteiger partial charge in [0.05, 0.1) is 5.56 Å². The second-order valence-electron chi connectivity index (χ2n) is 5.62. The maximum absolute atomic E-state index is 13.9. The highest BCUT2D eigenvalue weighted by Gasteiger charge is 2.14. The third kappa shape index (κ3) is 4.72. The number of hydrogen-bond donors (Lipinski definition) is 2. The molecular weight excluding hydrogens is 343 g/mol. The van der Waals surface area contributed by atoms with Crippen LogP contribution in [0.1, 0.15) is 28.4 Å². The normalized spacial score (nSPS) is 12.4. The first-order valence-corrected chi connectivity index (χ1v) is 7.74. The van der Waals surface area contributed by atoms with Crippen molar-refractivity contribution in [1.29, 1.82) is 0 Å². The summed E-state index contributed by atoms with van der Waals surface area (Å²) < 4.78 is 38.4. The van der Waals surface area contributed by atoms with Crippen molar-refractivity contribution in [3.8, 4) is 0 Å². The van der Waals surface area contributed by atoms with Crippen LogP contribution in [0.4, 0.5) is 18.9 Å². The van der Waals surface area contributed by atoms with Crippen LogP contribution in [-0.4, -0.2) is 18.7 Å². The molecule has 0 aliphatic carbocycles. The van der Waals surface area contributed by atoms with Crippen molar-refractivity contribution in [1.82, 2.24) is 0 Å². The highest BCUT2D eigenvalue weighted by molar-refractivity contribution is 6.11. The van der Waals surface area contributed by atoms with E-state index < -0.39 is 18.3 Å². The molecule has 4 nitrogen and oxygen atoms in total. The molecule has 7 heteroatoms. The van der Waals surface area contributed by atoms with Crippen LogP contribution in [0.2, 0.25) is 0 Å². The Morgan fingerprint density at radius 1 is 1.19 bits per heavy atom. The van der Waals surface area contributed by atoms with E-state index in [2.05, 4.69) is 10.3 Å². The molecule has 3 N–H and O–H groups in total.